The molecule has 2 aromatic heterocycles. The van der Waals surface area contributed by atoms with E-state index >= 15 is 4.39 Å². The summed E-state index contributed by atoms with van der Waals surface area (Å²) in [5.41, 5.74) is -0.210. The van der Waals surface area contributed by atoms with Crippen LogP contribution in [0, 0.1) is 5.82 Å². The molecule has 8 nitrogen and oxygen atoms in total. The minimum absolute atomic E-state index is 0.00350. The van der Waals surface area contributed by atoms with E-state index in [-0.39, 0.29) is 39.7 Å². The highest BCUT2D eigenvalue weighted by Crippen LogP contribution is 2.45. The van der Waals surface area contributed by atoms with Crippen LogP contribution in [0.15, 0.2) is 36.7 Å². The molecule has 0 aliphatic carbocycles. The number of aromatic hydroxyl groups is 1. The van der Waals surface area contributed by atoms with Gasteiger partial charge in [-0.3, -0.25) is 0 Å². The second-order valence-electron chi connectivity index (χ2n) is 9.86. The molecule has 3 aromatic rings. The van der Waals surface area contributed by atoms with Crippen molar-refractivity contribution in [1.29, 1.82) is 0 Å². The van der Waals surface area contributed by atoms with Crippen molar-refractivity contribution in [3.8, 4) is 34.1 Å². The molecule has 2 aliphatic heterocycles. The third-order valence-corrected chi connectivity index (χ3v) is 7.28. The number of hydrogen-bond acceptors (Lipinski definition) is 8. The summed E-state index contributed by atoms with van der Waals surface area (Å²) in [5.74, 6) is -0.696. The van der Waals surface area contributed by atoms with Crippen LogP contribution in [-0.2, 0) is 0 Å². The summed E-state index contributed by atoms with van der Waals surface area (Å²) in [6, 6.07) is 5.08. The van der Waals surface area contributed by atoms with E-state index in [0.29, 0.717) is 12.2 Å². The fourth-order valence-corrected chi connectivity index (χ4v) is 5.34. The van der Waals surface area contributed by atoms with Crippen molar-refractivity contribution in [3.05, 3.63) is 42.5 Å². The lowest BCUT2D eigenvalue weighted by molar-refractivity contribution is 0.0859. The molecule has 0 radical (unpaired) electrons. The molecule has 0 spiro atoms. The summed E-state index contributed by atoms with van der Waals surface area (Å²) >= 11 is 0. The first-order valence-electron chi connectivity index (χ1n) is 12.8. The van der Waals surface area contributed by atoms with Gasteiger partial charge in [-0.25, -0.2) is 18.7 Å². The van der Waals surface area contributed by atoms with E-state index in [4.69, 9.17) is 8.85 Å². The van der Waals surface area contributed by atoms with Crippen molar-refractivity contribution < 1.29 is 22.7 Å². The number of rotatable bonds is 5. The number of nitrogens with one attached hydrogen (secondary N) is 1. The van der Waals surface area contributed by atoms with Crippen LogP contribution < -0.4 is 15.0 Å². The van der Waals surface area contributed by atoms with E-state index in [1.165, 1.54) is 24.4 Å². The minimum atomic E-state index is -2.74. The van der Waals surface area contributed by atoms with Crippen LogP contribution in [0.4, 0.5) is 14.6 Å². The molecule has 184 valence electrons. The second-order valence-corrected chi connectivity index (χ2v) is 9.86. The summed E-state index contributed by atoms with van der Waals surface area (Å²) in [6.45, 7) is 4.03. The number of pyridine rings is 1. The molecule has 5 rings (SSSR count). The molecule has 4 atom stereocenters. The zero-order valence-corrected chi connectivity index (χ0v) is 19.6. The van der Waals surface area contributed by atoms with Crippen molar-refractivity contribution in [2.75, 3.05) is 19.0 Å². The van der Waals surface area contributed by atoms with E-state index in [0.717, 1.165) is 25.1 Å². The number of ether oxygens (including phenoxy) is 1. The number of nitrogens with zero attached hydrogens (tertiary/aromatic N) is 5. The van der Waals surface area contributed by atoms with Gasteiger partial charge in [-0.2, -0.15) is 0 Å². The maximum absolute atomic E-state index is 15.5. The number of aromatic nitrogens is 4. The molecule has 0 saturated carbocycles. The van der Waals surface area contributed by atoms with E-state index in [2.05, 4.69) is 32.4 Å². The molecular formula is C25H28F2N6O2. The Hall–Kier alpha value is -3.40. The Kier molecular flexibility index (Phi) is 4.75. The van der Waals surface area contributed by atoms with Crippen molar-refractivity contribution in [1.82, 2.24) is 25.5 Å². The summed E-state index contributed by atoms with van der Waals surface area (Å²) < 4.78 is 56.2. The molecule has 2 aliphatic rings. The van der Waals surface area contributed by atoms with Gasteiger partial charge in [0, 0.05) is 29.8 Å². The monoisotopic (exact) mass is 485 g/mol. The molecule has 0 unspecified atom stereocenters. The predicted molar refractivity (Wildman–Crippen MR) is 128 cm³/mol. The summed E-state index contributed by atoms with van der Waals surface area (Å²) in [4.78, 5) is 9.74. The zero-order valence-electron chi connectivity index (χ0n) is 22.6. The van der Waals surface area contributed by atoms with Crippen molar-refractivity contribution in [2.24, 2.45) is 0 Å². The number of benzene rings is 1. The number of alkyl halides is 1. The molecule has 1 aromatic carbocycles. The van der Waals surface area contributed by atoms with E-state index < -0.39 is 30.6 Å². The van der Waals surface area contributed by atoms with Gasteiger partial charge in [0.1, 0.15) is 17.7 Å². The van der Waals surface area contributed by atoms with Gasteiger partial charge < -0.3 is 20.1 Å². The van der Waals surface area contributed by atoms with Gasteiger partial charge in [0.25, 0.3) is 0 Å². The van der Waals surface area contributed by atoms with Gasteiger partial charge in [-0.05, 0) is 50.8 Å². The number of fused-ring (bicyclic) bond motifs is 2. The van der Waals surface area contributed by atoms with Gasteiger partial charge >= 0.3 is 0 Å². The standard InChI is InChI=1S/C25H28F2N6O2/c1-24-7-8-25(2,32-24)22(27)18(11-24)33(3)20-13-29-23(31-30-20)15-6-5-14(9-19(15)34)16-10-21(35-4)28-12-17(16)26/h5-6,9-10,12-13,18,22,32,34H,7-8,11H2,1-4H3/t18-,22-,24-,25+/m0/s1/i4D3. The lowest BCUT2D eigenvalue weighted by Gasteiger charge is -2.47. The fourth-order valence-electron chi connectivity index (χ4n) is 5.34. The molecule has 4 heterocycles. The Morgan fingerprint density at radius 2 is 2.00 bits per heavy atom. The average Bonchev–Trinajstić information content (AvgIpc) is 3.13. The lowest BCUT2D eigenvalue weighted by Crippen LogP contribution is -2.65. The third-order valence-electron chi connectivity index (χ3n) is 7.28. The largest absolute Gasteiger partial charge is 0.507 e. The van der Waals surface area contributed by atoms with Crippen molar-refractivity contribution >= 4 is 5.82 Å². The van der Waals surface area contributed by atoms with E-state index in [9.17, 15) is 9.50 Å². The highest BCUT2D eigenvalue weighted by Gasteiger charge is 2.56. The predicted octanol–water partition coefficient (Wildman–Crippen LogP) is 3.90. The van der Waals surface area contributed by atoms with Gasteiger partial charge in [-0.1, -0.05) is 6.07 Å². The number of hydrogen-bond donors (Lipinski definition) is 2. The molecule has 35 heavy (non-hydrogen) atoms. The van der Waals surface area contributed by atoms with Gasteiger partial charge in [0.05, 0.1) is 35.1 Å². The highest BCUT2D eigenvalue weighted by molar-refractivity contribution is 5.73. The normalized spacial score (nSPS) is 29.2. The molecule has 2 fully saturated rings. The number of methoxy groups -OCH3 is 1. The van der Waals surface area contributed by atoms with Gasteiger partial charge in [-0.15, -0.1) is 10.2 Å². The van der Waals surface area contributed by atoms with Crippen molar-refractivity contribution in [2.45, 2.75) is 56.4 Å². The SMILES string of the molecule is [2H]C([2H])([2H])Oc1cc(-c2ccc(-c3ncc(N(C)[C@H]4C[C@]5(C)CC[C@@](C)(N5)[C@H]4F)nn3)c(O)c2)c(F)cn1. The van der Waals surface area contributed by atoms with Crippen LogP contribution in [0.5, 0.6) is 11.6 Å². The number of phenols is 1. The first-order chi connectivity index (χ1) is 17.8. The van der Waals surface area contributed by atoms with E-state index in [1.807, 2.05) is 6.92 Å². The molecular weight excluding hydrogens is 454 g/mol. The highest BCUT2D eigenvalue weighted by atomic mass is 19.1. The van der Waals surface area contributed by atoms with Crippen LogP contribution in [0.2, 0.25) is 0 Å². The van der Waals surface area contributed by atoms with E-state index in [1.54, 1.807) is 11.9 Å². The Morgan fingerprint density at radius 1 is 1.17 bits per heavy atom. The summed E-state index contributed by atoms with van der Waals surface area (Å²) in [7, 11) is -0.965. The maximum Gasteiger partial charge on any atom is 0.213 e. The topological polar surface area (TPSA) is 96.3 Å². The van der Waals surface area contributed by atoms with Crippen LogP contribution in [0.1, 0.15) is 37.2 Å². The lowest BCUT2D eigenvalue weighted by atomic mass is 9.82. The Balaban J connectivity index is 1.37. The number of phenolic OH excluding ortho intramolecular Hbond substituents is 1. The van der Waals surface area contributed by atoms with Crippen LogP contribution in [0.25, 0.3) is 22.5 Å². The number of halogens is 2. The second kappa shape index (κ2) is 8.37. The smallest absolute Gasteiger partial charge is 0.213 e. The minimum Gasteiger partial charge on any atom is -0.507 e. The Bertz CT molecular complexity index is 1360. The molecule has 2 bridgehead atoms. The molecule has 2 saturated heterocycles. The Labute approximate surface area is 206 Å². The summed E-state index contributed by atoms with van der Waals surface area (Å²) in [6.07, 6.45) is 3.53. The molecule has 2 N–H and O–H groups in total. The zero-order chi connectivity index (χ0) is 27.5. The quantitative estimate of drug-likeness (QED) is 0.562. The van der Waals surface area contributed by atoms with Gasteiger partial charge in [0.2, 0.25) is 5.88 Å². The fraction of sp³-hybridized carbons (Fsp3) is 0.440. The third kappa shape index (κ3) is 4.05. The van der Waals surface area contributed by atoms with Crippen LogP contribution in [0.3, 0.4) is 0 Å². The van der Waals surface area contributed by atoms with Crippen LogP contribution >= 0.6 is 0 Å². The van der Waals surface area contributed by atoms with Gasteiger partial charge in [0.15, 0.2) is 11.6 Å². The first-order valence-corrected chi connectivity index (χ1v) is 11.3. The molecule has 10 heteroatoms. The maximum atomic E-state index is 15.5. The summed E-state index contributed by atoms with van der Waals surface area (Å²) in [5, 5.41) is 22.5. The average molecular weight is 486 g/mol. The molecule has 0 amide bonds. The van der Waals surface area contributed by atoms with Crippen LogP contribution in [-0.4, -0.2) is 62.6 Å². The number of anilines is 1. The number of piperidine rings is 1. The van der Waals surface area contributed by atoms with Crippen molar-refractivity contribution in [3.63, 3.8) is 0 Å². The Morgan fingerprint density at radius 3 is 2.71 bits per heavy atom. The first kappa shape index (κ1) is 19.9.